The molecule has 0 fully saturated rings. The van der Waals surface area contributed by atoms with Crippen LogP contribution in [0.5, 0.6) is 0 Å². The van der Waals surface area contributed by atoms with Crippen LogP contribution in [0.4, 0.5) is 0 Å². The number of hydrogen-bond acceptors (Lipinski definition) is 0. The Morgan fingerprint density at radius 3 is 1.45 bits per heavy atom. The molecule has 157 valence electrons. The Morgan fingerprint density at radius 2 is 1.00 bits per heavy atom. The summed E-state index contributed by atoms with van der Waals surface area (Å²) < 4.78 is 0. The van der Waals surface area contributed by atoms with E-state index >= 15 is 0 Å². The van der Waals surface area contributed by atoms with Crippen molar-refractivity contribution >= 4 is 0 Å². The molecule has 0 spiro atoms. The van der Waals surface area contributed by atoms with E-state index in [4.69, 9.17) is 0 Å². The van der Waals surface area contributed by atoms with Crippen molar-refractivity contribution in [2.24, 2.45) is 0 Å². The van der Waals surface area contributed by atoms with Crippen molar-refractivity contribution in [2.75, 3.05) is 0 Å². The lowest BCUT2D eigenvalue weighted by molar-refractivity contribution is 0.529. The van der Waals surface area contributed by atoms with Gasteiger partial charge in [0.05, 0.1) is 0 Å². The smallest absolute Gasteiger partial charge is 0.000706 e. The van der Waals surface area contributed by atoms with Gasteiger partial charge in [-0.2, -0.15) is 0 Å². The summed E-state index contributed by atoms with van der Waals surface area (Å²) in [5.41, 5.74) is 11.9. The van der Waals surface area contributed by atoms with E-state index in [0.717, 1.165) is 6.42 Å². The highest BCUT2D eigenvalue weighted by Crippen LogP contribution is 2.46. The van der Waals surface area contributed by atoms with Gasteiger partial charge in [0, 0.05) is 0 Å². The second-order valence-corrected chi connectivity index (χ2v) is 13.2. The fraction of sp³-hybridized carbons (Fsp3) is 0.586. The Balaban J connectivity index is 2.32. The average molecular weight is 390 g/mol. The maximum absolute atomic E-state index is 3.90. The third kappa shape index (κ3) is 4.05. The number of fused-ring (bicyclic) bond motifs is 3. The van der Waals surface area contributed by atoms with Crippen LogP contribution in [0, 0.1) is 6.07 Å². The lowest BCUT2D eigenvalue weighted by Crippen LogP contribution is -2.22. The second-order valence-electron chi connectivity index (χ2n) is 13.2. The molecule has 0 nitrogen and oxygen atoms in total. The van der Waals surface area contributed by atoms with E-state index in [1.54, 1.807) is 0 Å². The zero-order valence-corrected chi connectivity index (χ0v) is 20.9. The van der Waals surface area contributed by atoms with E-state index in [9.17, 15) is 0 Å². The van der Waals surface area contributed by atoms with Crippen molar-refractivity contribution in [3.63, 3.8) is 0 Å². The van der Waals surface area contributed by atoms with Gasteiger partial charge in [-0.25, -0.2) is 0 Å². The van der Waals surface area contributed by atoms with Crippen LogP contribution < -0.4 is 0 Å². The lowest BCUT2D eigenvalue weighted by atomic mass is 9.73. The molecule has 1 aliphatic rings. The third-order valence-corrected chi connectivity index (χ3v) is 6.23. The average Bonchev–Trinajstić information content (AvgIpc) is 2.86. The summed E-state index contributed by atoms with van der Waals surface area (Å²) in [5.74, 6) is 0. The highest BCUT2D eigenvalue weighted by molar-refractivity contribution is 5.79. The molecule has 0 heterocycles. The molecule has 0 saturated carbocycles. The molecule has 1 radical (unpaired) electrons. The highest BCUT2D eigenvalue weighted by atomic mass is 14.4. The molecule has 1 aliphatic carbocycles. The van der Waals surface area contributed by atoms with Gasteiger partial charge in [-0.15, -0.1) is 0 Å². The van der Waals surface area contributed by atoms with E-state index in [0.29, 0.717) is 0 Å². The van der Waals surface area contributed by atoms with E-state index in [2.05, 4.69) is 107 Å². The molecule has 29 heavy (non-hydrogen) atoms. The van der Waals surface area contributed by atoms with Gasteiger partial charge in [-0.05, 0) is 84.7 Å². The monoisotopic (exact) mass is 389 g/mol. The van der Waals surface area contributed by atoms with Crippen LogP contribution in [0.15, 0.2) is 18.2 Å². The van der Waals surface area contributed by atoms with Gasteiger partial charge in [0.1, 0.15) is 0 Å². The summed E-state index contributed by atoms with van der Waals surface area (Å²) in [7, 11) is 0. The van der Waals surface area contributed by atoms with Crippen LogP contribution in [0.3, 0.4) is 0 Å². The minimum absolute atomic E-state index is 0.0968. The van der Waals surface area contributed by atoms with Crippen LogP contribution >= 0.6 is 0 Å². The minimum Gasteiger partial charge on any atom is -0.0561 e. The minimum atomic E-state index is 0.0968. The lowest BCUT2D eigenvalue weighted by Gasteiger charge is -2.32. The van der Waals surface area contributed by atoms with Crippen LogP contribution in [-0.4, -0.2) is 0 Å². The largest absolute Gasteiger partial charge is 0.0561 e. The molecule has 0 aliphatic heterocycles. The maximum atomic E-state index is 3.90. The summed E-state index contributed by atoms with van der Waals surface area (Å²) in [6, 6.07) is 11.4. The number of benzene rings is 2. The normalized spacial score (nSPS) is 14.8. The van der Waals surface area contributed by atoms with Crippen molar-refractivity contribution in [3.05, 3.63) is 57.6 Å². The van der Waals surface area contributed by atoms with E-state index in [-0.39, 0.29) is 21.7 Å². The van der Waals surface area contributed by atoms with E-state index in [1.807, 2.05) is 0 Å². The molecule has 3 rings (SSSR count). The maximum Gasteiger partial charge on any atom is -0.000706 e. The van der Waals surface area contributed by atoms with Gasteiger partial charge >= 0.3 is 0 Å². The molecule has 2 aromatic rings. The van der Waals surface area contributed by atoms with Gasteiger partial charge < -0.3 is 0 Å². The molecule has 0 atom stereocenters. The molecule has 0 amide bonds. The Hall–Kier alpha value is -1.56. The van der Waals surface area contributed by atoms with Gasteiger partial charge in [0.25, 0.3) is 0 Å². The summed E-state index contributed by atoms with van der Waals surface area (Å²) in [6.07, 6.45) is 1.01. The second kappa shape index (κ2) is 6.47. The molecule has 2 aromatic carbocycles. The number of rotatable bonds is 0. The molecule has 0 heteroatoms. The van der Waals surface area contributed by atoms with Crippen molar-refractivity contribution < 1.29 is 0 Å². The first-order chi connectivity index (χ1) is 12.9. The number of hydrogen-bond donors (Lipinski definition) is 0. The van der Waals surface area contributed by atoms with Crippen molar-refractivity contribution in [2.45, 2.75) is 111 Å². The Morgan fingerprint density at radius 1 is 0.552 bits per heavy atom. The molecule has 0 saturated heterocycles. The highest BCUT2D eigenvalue weighted by Gasteiger charge is 2.33. The summed E-state index contributed by atoms with van der Waals surface area (Å²) in [4.78, 5) is 0. The molecule has 0 aromatic heterocycles. The molecule has 0 N–H and O–H groups in total. The SMILES string of the molecule is CC(C)(C)c1[c]c2c(cc1C(C)(C)C)-c1cc(C(C)(C)C)c(C(C)(C)C)cc1C2. The first kappa shape index (κ1) is 22.1. The Bertz CT molecular complexity index is 862. The first-order valence-electron chi connectivity index (χ1n) is 11.2. The topological polar surface area (TPSA) is 0 Å². The first-order valence-corrected chi connectivity index (χ1v) is 11.2. The van der Waals surface area contributed by atoms with Crippen molar-refractivity contribution in [1.29, 1.82) is 0 Å². The quantitative estimate of drug-likeness (QED) is 0.363. The predicted molar refractivity (Wildman–Crippen MR) is 128 cm³/mol. The predicted octanol–water partition coefficient (Wildman–Crippen LogP) is 8.25. The molecule has 0 unspecified atom stereocenters. The van der Waals surface area contributed by atoms with Gasteiger partial charge in [0.15, 0.2) is 0 Å². The fourth-order valence-electron chi connectivity index (χ4n) is 4.62. The van der Waals surface area contributed by atoms with Crippen LogP contribution in [-0.2, 0) is 28.1 Å². The Kier molecular flexibility index (Phi) is 4.94. The molecular weight excluding hydrogens is 348 g/mol. The van der Waals surface area contributed by atoms with E-state index in [1.165, 1.54) is 44.5 Å². The molecule has 0 bridgehead atoms. The van der Waals surface area contributed by atoms with Crippen molar-refractivity contribution in [1.82, 2.24) is 0 Å². The van der Waals surface area contributed by atoms with Crippen LogP contribution in [0.2, 0.25) is 0 Å². The van der Waals surface area contributed by atoms with Gasteiger partial charge in [-0.1, -0.05) is 95.2 Å². The van der Waals surface area contributed by atoms with Crippen LogP contribution in [0.1, 0.15) is 116 Å². The molecular formula is C29H41. The zero-order chi connectivity index (χ0) is 22.2. The summed E-state index contributed by atoms with van der Waals surface area (Å²) >= 11 is 0. The van der Waals surface area contributed by atoms with E-state index < -0.39 is 0 Å². The standard InChI is InChI=1S/C29H41/c1-26(2,3)22-14-18-13-19-15-23(27(4,5)6)25(29(10,11)12)17-21(19)20(18)16-24(22)28(7,8)9/h14,16-17H,13H2,1-12H3. The van der Waals surface area contributed by atoms with Gasteiger partial charge in [-0.3, -0.25) is 0 Å². The van der Waals surface area contributed by atoms with Crippen molar-refractivity contribution in [3.8, 4) is 11.1 Å². The summed E-state index contributed by atoms with van der Waals surface area (Å²) in [6.45, 7) is 28.0. The summed E-state index contributed by atoms with van der Waals surface area (Å²) in [5, 5.41) is 0. The van der Waals surface area contributed by atoms with Crippen LogP contribution in [0.25, 0.3) is 11.1 Å². The Labute approximate surface area is 180 Å². The zero-order valence-electron chi connectivity index (χ0n) is 20.9. The fourth-order valence-corrected chi connectivity index (χ4v) is 4.62. The third-order valence-electron chi connectivity index (χ3n) is 6.23. The van der Waals surface area contributed by atoms with Gasteiger partial charge in [0.2, 0.25) is 0 Å².